The van der Waals surface area contributed by atoms with Gasteiger partial charge in [0, 0.05) is 12.1 Å². The number of rotatable bonds is 4. The maximum absolute atomic E-state index is 12.1. The molecule has 2 amide bonds. The van der Waals surface area contributed by atoms with Crippen LogP contribution >= 0.6 is 11.3 Å². The number of amides is 2. The van der Waals surface area contributed by atoms with Gasteiger partial charge >= 0.3 is 0 Å². The van der Waals surface area contributed by atoms with Crippen LogP contribution in [0, 0.1) is 0 Å². The maximum Gasteiger partial charge on any atom is 0.251 e. The molecule has 0 saturated carbocycles. The Labute approximate surface area is 123 Å². The Morgan fingerprint density at radius 1 is 1.40 bits per heavy atom. The molecule has 1 aromatic heterocycles. The second-order valence-corrected chi connectivity index (χ2v) is 6.29. The number of hydrogen-bond acceptors (Lipinski definition) is 4. The van der Waals surface area contributed by atoms with E-state index in [1.165, 1.54) is 17.8 Å². The number of thiophene rings is 1. The van der Waals surface area contributed by atoms with E-state index in [1.54, 1.807) is 11.4 Å². The lowest BCUT2D eigenvalue weighted by molar-refractivity contribution is -0.118. The van der Waals surface area contributed by atoms with Gasteiger partial charge in [0.05, 0.1) is 12.1 Å². The van der Waals surface area contributed by atoms with E-state index in [0.29, 0.717) is 29.2 Å². The van der Waals surface area contributed by atoms with Crippen LogP contribution in [0.1, 0.15) is 43.5 Å². The minimum atomic E-state index is -0.513. The number of anilines is 1. The predicted octanol–water partition coefficient (Wildman–Crippen LogP) is 2.05. The van der Waals surface area contributed by atoms with Crippen LogP contribution in [0.25, 0.3) is 0 Å². The normalized spacial score (nSPS) is 23.5. The molecule has 2 rings (SSSR count). The monoisotopic (exact) mass is 295 g/mol. The summed E-state index contributed by atoms with van der Waals surface area (Å²) in [6, 6.07) is 2.47. The summed E-state index contributed by atoms with van der Waals surface area (Å²) in [4.78, 5) is 25.6. The van der Waals surface area contributed by atoms with Gasteiger partial charge in [-0.05, 0) is 38.1 Å². The van der Waals surface area contributed by atoms with Crippen molar-refractivity contribution in [2.75, 3.05) is 11.9 Å². The first-order valence-electron chi connectivity index (χ1n) is 6.92. The second kappa shape index (κ2) is 6.37. The number of likely N-dealkylation sites (tertiary alicyclic amines) is 1. The fourth-order valence-corrected chi connectivity index (χ4v) is 3.53. The molecule has 6 heteroatoms. The van der Waals surface area contributed by atoms with Crippen LogP contribution in [0.4, 0.5) is 5.00 Å². The van der Waals surface area contributed by atoms with E-state index in [-0.39, 0.29) is 5.91 Å². The zero-order chi connectivity index (χ0) is 14.7. The summed E-state index contributed by atoms with van der Waals surface area (Å²) in [6.07, 6.45) is 3.48. The van der Waals surface area contributed by atoms with Crippen LogP contribution in [0.2, 0.25) is 0 Å². The number of nitrogens with one attached hydrogen (secondary N) is 1. The summed E-state index contributed by atoms with van der Waals surface area (Å²) >= 11 is 1.32. The zero-order valence-electron chi connectivity index (χ0n) is 11.9. The molecule has 0 spiro atoms. The molecule has 1 saturated heterocycles. The van der Waals surface area contributed by atoms with Crippen molar-refractivity contribution in [1.29, 1.82) is 0 Å². The average Bonchev–Trinajstić information content (AvgIpc) is 2.82. The van der Waals surface area contributed by atoms with E-state index in [4.69, 9.17) is 5.73 Å². The van der Waals surface area contributed by atoms with E-state index in [2.05, 4.69) is 24.1 Å². The Morgan fingerprint density at radius 2 is 2.05 bits per heavy atom. The van der Waals surface area contributed by atoms with Crippen molar-refractivity contribution in [2.45, 2.75) is 45.2 Å². The lowest BCUT2D eigenvalue weighted by Crippen LogP contribution is -2.47. The Morgan fingerprint density at radius 3 is 2.65 bits per heavy atom. The van der Waals surface area contributed by atoms with Crippen LogP contribution in [-0.2, 0) is 4.79 Å². The maximum atomic E-state index is 12.1. The van der Waals surface area contributed by atoms with Gasteiger partial charge in [-0.2, -0.15) is 0 Å². The number of primary amides is 1. The molecule has 5 nitrogen and oxygen atoms in total. The number of piperidine rings is 1. The quantitative estimate of drug-likeness (QED) is 0.892. The third-order valence-electron chi connectivity index (χ3n) is 3.89. The van der Waals surface area contributed by atoms with Gasteiger partial charge in [-0.25, -0.2) is 0 Å². The third-order valence-corrected chi connectivity index (χ3v) is 4.72. The lowest BCUT2D eigenvalue weighted by Gasteiger charge is -2.38. The standard InChI is InChI=1S/C14H21N3O2S/c1-9-4-3-5-10(2)17(9)8-12(18)16-14-11(13(15)19)6-7-20-14/h6-7,9-10H,3-5,8H2,1-2H3,(H2,15,19)(H,16,18). The lowest BCUT2D eigenvalue weighted by atomic mass is 9.97. The summed E-state index contributed by atoms with van der Waals surface area (Å²) in [7, 11) is 0. The van der Waals surface area contributed by atoms with Crippen LogP contribution in [0.5, 0.6) is 0 Å². The van der Waals surface area contributed by atoms with Crippen LogP contribution in [-0.4, -0.2) is 35.3 Å². The Hall–Kier alpha value is -1.40. The van der Waals surface area contributed by atoms with Crippen molar-refractivity contribution in [1.82, 2.24) is 4.90 Å². The molecule has 2 atom stereocenters. The summed E-state index contributed by atoms with van der Waals surface area (Å²) < 4.78 is 0. The van der Waals surface area contributed by atoms with E-state index >= 15 is 0 Å². The minimum Gasteiger partial charge on any atom is -0.366 e. The van der Waals surface area contributed by atoms with Crippen LogP contribution < -0.4 is 11.1 Å². The molecule has 1 aliphatic heterocycles. The molecule has 1 fully saturated rings. The Kier molecular flexibility index (Phi) is 4.77. The van der Waals surface area contributed by atoms with Crippen molar-refractivity contribution in [3.8, 4) is 0 Å². The van der Waals surface area contributed by atoms with Gasteiger partial charge in [-0.1, -0.05) is 6.42 Å². The Bertz CT molecular complexity index is 490. The van der Waals surface area contributed by atoms with Crippen molar-refractivity contribution in [2.24, 2.45) is 5.73 Å². The van der Waals surface area contributed by atoms with Gasteiger partial charge in [-0.3, -0.25) is 14.5 Å². The largest absolute Gasteiger partial charge is 0.366 e. The van der Waals surface area contributed by atoms with Gasteiger partial charge in [0.1, 0.15) is 5.00 Å². The van der Waals surface area contributed by atoms with Crippen molar-refractivity contribution >= 4 is 28.2 Å². The van der Waals surface area contributed by atoms with E-state index in [0.717, 1.165) is 12.8 Å². The number of carbonyl (C=O) groups is 2. The van der Waals surface area contributed by atoms with Gasteiger partial charge in [-0.15, -0.1) is 11.3 Å². The number of hydrogen-bond donors (Lipinski definition) is 2. The van der Waals surface area contributed by atoms with Crippen molar-refractivity contribution in [3.05, 3.63) is 17.0 Å². The molecule has 20 heavy (non-hydrogen) atoms. The van der Waals surface area contributed by atoms with Gasteiger partial charge in [0.25, 0.3) is 5.91 Å². The van der Waals surface area contributed by atoms with Crippen LogP contribution in [0.3, 0.4) is 0 Å². The fourth-order valence-electron chi connectivity index (χ4n) is 2.72. The molecule has 0 radical (unpaired) electrons. The van der Waals surface area contributed by atoms with E-state index < -0.39 is 5.91 Å². The van der Waals surface area contributed by atoms with Gasteiger partial charge < -0.3 is 11.1 Å². The highest BCUT2D eigenvalue weighted by atomic mass is 32.1. The van der Waals surface area contributed by atoms with Crippen molar-refractivity contribution < 1.29 is 9.59 Å². The number of nitrogens with zero attached hydrogens (tertiary/aromatic N) is 1. The zero-order valence-corrected chi connectivity index (χ0v) is 12.7. The molecule has 2 heterocycles. The molecular weight excluding hydrogens is 274 g/mol. The molecule has 0 aromatic carbocycles. The highest BCUT2D eigenvalue weighted by molar-refractivity contribution is 7.14. The summed E-state index contributed by atoms with van der Waals surface area (Å²) in [5.41, 5.74) is 5.65. The Balaban J connectivity index is 1.98. The minimum absolute atomic E-state index is 0.0875. The van der Waals surface area contributed by atoms with Crippen molar-refractivity contribution in [3.63, 3.8) is 0 Å². The first kappa shape index (κ1) is 15.0. The SMILES string of the molecule is CC1CCCC(C)N1CC(=O)Nc1sccc1C(N)=O. The molecule has 0 bridgehead atoms. The average molecular weight is 295 g/mol. The first-order chi connectivity index (χ1) is 9.49. The van der Waals surface area contributed by atoms with Gasteiger partial charge in [0.15, 0.2) is 0 Å². The highest BCUT2D eigenvalue weighted by Gasteiger charge is 2.26. The topological polar surface area (TPSA) is 75.4 Å². The number of carbonyl (C=O) groups excluding carboxylic acids is 2. The molecule has 3 N–H and O–H groups in total. The molecular formula is C14H21N3O2S. The molecule has 0 aliphatic carbocycles. The highest BCUT2D eigenvalue weighted by Crippen LogP contribution is 2.24. The summed E-state index contributed by atoms with van der Waals surface area (Å²) in [5.74, 6) is -0.600. The fraction of sp³-hybridized carbons (Fsp3) is 0.571. The molecule has 1 aromatic rings. The third kappa shape index (κ3) is 3.37. The first-order valence-corrected chi connectivity index (χ1v) is 7.80. The summed E-state index contributed by atoms with van der Waals surface area (Å²) in [6.45, 7) is 4.67. The molecule has 2 unspecified atom stereocenters. The molecule has 1 aliphatic rings. The molecule has 110 valence electrons. The van der Waals surface area contributed by atoms with E-state index in [9.17, 15) is 9.59 Å². The van der Waals surface area contributed by atoms with E-state index in [1.807, 2.05) is 0 Å². The number of nitrogens with two attached hydrogens (primary N) is 1. The predicted molar refractivity (Wildman–Crippen MR) is 80.9 cm³/mol. The second-order valence-electron chi connectivity index (χ2n) is 5.38. The summed E-state index contributed by atoms with van der Waals surface area (Å²) in [5, 5.41) is 5.09. The van der Waals surface area contributed by atoms with Gasteiger partial charge in [0.2, 0.25) is 5.91 Å². The smallest absolute Gasteiger partial charge is 0.251 e. The van der Waals surface area contributed by atoms with Crippen LogP contribution in [0.15, 0.2) is 11.4 Å².